The summed E-state index contributed by atoms with van der Waals surface area (Å²) in [6.07, 6.45) is 3.78. The molecule has 0 saturated carbocycles. The molecule has 0 aliphatic heterocycles. The smallest absolute Gasteiger partial charge is 0.224 e. The van der Waals surface area contributed by atoms with Gasteiger partial charge in [0.05, 0.1) is 0 Å². The van der Waals surface area contributed by atoms with Crippen molar-refractivity contribution in [2.45, 2.75) is 27.3 Å². The van der Waals surface area contributed by atoms with E-state index in [9.17, 15) is 0 Å². The fourth-order valence-corrected chi connectivity index (χ4v) is 1.28. The summed E-state index contributed by atoms with van der Waals surface area (Å²) in [6.45, 7) is 9.27. The number of hydrogen-bond acceptors (Lipinski definition) is 4. The second-order valence-corrected chi connectivity index (χ2v) is 4.43. The molecule has 0 radical (unpaired) electrons. The predicted octanol–water partition coefficient (Wildman–Crippen LogP) is 1.68. The molecule has 0 amide bonds. The van der Waals surface area contributed by atoms with E-state index < -0.39 is 0 Å². The quantitative estimate of drug-likeness (QED) is 0.795. The Morgan fingerprint density at radius 3 is 2.44 bits per heavy atom. The fourth-order valence-electron chi connectivity index (χ4n) is 1.28. The average molecular weight is 222 g/mol. The van der Waals surface area contributed by atoms with E-state index in [0.29, 0.717) is 5.92 Å². The molecule has 0 fully saturated rings. The Balaban J connectivity index is 2.45. The molecule has 0 bridgehead atoms. The molecule has 4 nitrogen and oxygen atoms in total. The van der Waals surface area contributed by atoms with Gasteiger partial charge in [-0.2, -0.15) is 0 Å². The first-order valence-electron chi connectivity index (χ1n) is 5.86. The van der Waals surface area contributed by atoms with Crippen LogP contribution in [0.2, 0.25) is 0 Å². The molecule has 0 saturated heterocycles. The summed E-state index contributed by atoms with van der Waals surface area (Å²) in [5.74, 6) is 1.46. The molecule has 1 aromatic rings. The van der Waals surface area contributed by atoms with E-state index >= 15 is 0 Å². The average Bonchev–Trinajstić information content (AvgIpc) is 2.28. The normalized spacial score (nSPS) is 10.8. The summed E-state index contributed by atoms with van der Waals surface area (Å²) < 4.78 is 0. The molecule has 0 aromatic carbocycles. The highest BCUT2D eigenvalue weighted by molar-refractivity contribution is 5.27. The van der Waals surface area contributed by atoms with Crippen LogP contribution in [0.3, 0.4) is 0 Å². The van der Waals surface area contributed by atoms with E-state index in [0.717, 1.165) is 31.1 Å². The van der Waals surface area contributed by atoms with Crippen LogP contribution >= 0.6 is 0 Å². The third kappa shape index (κ3) is 4.14. The molecule has 1 N–H and O–H groups in total. The Hall–Kier alpha value is -1.16. The van der Waals surface area contributed by atoms with Crippen molar-refractivity contribution < 1.29 is 0 Å². The van der Waals surface area contributed by atoms with Crippen molar-refractivity contribution in [2.24, 2.45) is 5.92 Å². The highest BCUT2D eigenvalue weighted by Crippen LogP contribution is 2.04. The molecule has 16 heavy (non-hydrogen) atoms. The second kappa shape index (κ2) is 6.43. The molecule has 1 heterocycles. The highest BCUT2D eigenvalue weighted by atomic mass is 15.2. The van der Waals surface area contributed by atoms with Crippen molar-refractivity contribution in [3.05, 3.63) is 18.0 Å². The van der Waals surface area contributed by atoms with Gasteiger partial charge in [-0.3, -0.25) is 0 Å². The lowest BCUT2D eigenvalue weighted by Gasteiger charge is -2.14. The molecule has 4 heteroatoms. The zero-order valence-corrected chi connectivity index (χ0v) is 10.7. The summed E-state index contributed by atoms with van der Waals surface area (Å²) in [5, 5.41) is 3.37. The lowest BCUT2D eigenvalue weighted by atomic mass is 10.2. The van der Waals surface area contributed by atoms with E-state index in [1.54, 1.807) is 0 Å². The van der Waals surface area contributed by atoms with Crippen molar-refractivity contribution in [3.8, 4) is 0 Å². The molecule has 0 spiro atoms. The van der Waals surface area contributed by atoms with Crippen LogP contribution in [0.1, 0.15) is 26.3 Å². The maximum absolute atomic E-state index is 4.32. The third-order valence-electron chi connectivity index (χ3n) is 2.39. The third-order valence-corrected chi connectivity index (χ3v) is 2.39. The summed E-state index contributed by atoms with van der Waals surface area (Å²) in [7, 11) is 1.99. The van der Waals surface area contributed by atoms with Crippen LogP contribution in [-0.4, -0.2) is 30.1 Å². The van der Waals surface area contributed by atoms with Crippen LogP contribution in [0.4, 0.5) is 5.95 Å². The first-order valence-corrected chi connectivity index (χ1v) is 5.86. The summed E-state index contributed by atoms with van der Waals surface area (Å²) in [4.78, 5) is 10.7. The molecule has 1 rings (SSSR count). The lowest BCUT2D eigenvalue weighted by Crippen LogP contribution is -2.21. The Kier molecular flexibility index (Phi) is 5.19. The van der Waals surface area contributed by atoms with Crippen molar-refractivity contribution in [3.63, 3.8) is 0 Å². The van der Waals surface area contributed by atoms with Gasteiger partial charge in [0.25, 0.3) is 0 Å². The van der Waals surface area contributed by atoms with Gasteiger partial charge in [-0.05, 0) is 19.4 Å². The Bertz CT molecular complexity index is 294. The van der Waals surface area contributed by atoms with Gasteiger partial charge >= 0.3 is 0 Å². The van der Waals surface area contributed by atoms with E-state index in [4.69, 9.17) is 0 Å². The standard InChI is InChI=1S/C12H22N4/c1-5-16(4)12-14-8-11(9-15-12)7-13-6-10(2)3/h8-10,13H,5-7H2,1-4H3. The zero-order valence-electron chi connectivity index (χ0n) is 10.7. The van der Waals surface area contributed by atoms with Crippen LogP contribution < -0.4 is 10.2 Å². The predicted molar refractivity (Wildman–Crippen MR) is 67.5 cm³/mol. The Labute approximate surface area is 98.1 Å². The van der Waals surface area contributed by atoms with Gasteiger partial charge in [-0.1, -0.05) is 13.8 Å². The van der Waals surface area contributed by atoms with Gasteiger partial charge in [-0.15, -0.1) is 0 Å². The van der Waals surface area contributed by atoms with Crippen LogP contribution in [0.15, 0.2) is 12.4 Å². The van der Waals surface area contributed by atoms with Gasteiger partial charge in [0.2, 0.25) is 5.95 Å². The summed E-state index contributed by atoms with van der Waals surface area (Å²) >= 11 is 0. The van der Waals surface area contributed by atoms with Gasteiger partial charge in [-0.25, -0.2) is 9.97 Å². The molecule has 90 valence electrons. The number of aromatic nitrogens is 2. The van der Waals surface area contributed by atoms with Crippen molar-refractivity contribution in [1.82, 2.24) is 15.3 Å². The highest BCUT2D eigenvalue weighted by Gasteiger charge is 2.01. The zero-order chi connectivity index (χ0) is 12.0. The minimum Gasteiger partial charge on any atom is -0.344 e. The minimum atomic E-state index is 0.673. The SMILES string of the molecule is CCN(C)c1ncc(CNCC(C)C)cn1. The topological polar surface area (TPSA) is 41.1 Å². The van der Waals surface area contributed by atoms with Crippen molar-refractivity contribution in [1.29, 1.82) is 0 Å². The second-order valence-electron chi connectivity index (χ2n) is 4.43. The molecule has 0 aliphatic carbocycles. The Morgan fingerprint density at radius 1 is 1.31 bits per heavy atom. The van der Waals surface area contributed by atoms with E-state index in [-0.39, 0.29) is 0 Å². The van der Waals surface area contributed by atoms with Crippen LogP contribution in [0.25, 0.3) is 0 Å². The molecular weight excluding hydrogens is 200 g/mol. The van der Waals surface area contributed by atoms with E-state index in [2.05, 4.69) is 36.1 Å². The molecular formula is C12H22N4. The van der Waals surface area contributed by atoms with Gasteiger partial charge < -0.3 is 10.2 Å². The number of anilines is 1. The summed E-state index contributed by atoms with van der Waals surface area (Å²) in [6, 6.07) is 0. The summed E-state index contributed by atoms with van der Waals surface area (Å²) in [5.41, 5.74) is 1.13. The maximum atomic E-state index is 4.32. The van der Waals surface area contributed by atoms with Gasteiger partial charge in [0, 0.05) is 38.1 Å². The maximum Gasteiger partial charge on any atom is 0.224 e. The van der Waals surface area contributed by atoms with Crippen LogP contribution in [-0.2, 0) is 6.54 Å². The molecule has 0 atom stereocenters. The number of nitrogens with zero attached hydrogens (tertiary/aromatic N) is 3. The monoisotopic (exact) mass is 222 g/mol. The van der Waals surface area contributed by atoms with Crippen molar-refractivity contribution >= 4 is 5.95 Å². The number of hydrogen-bond donors (Lipinski definition) is 1. The number of nitrogens with one attached hydrogen (secondary N) is 1. The van der Waals surface area contributed by atoms with Crippen LogP contribution in [0, 0.1) is 5.92 Å². The van der Waals surface area contributed by atoms with Gasteiger partial charge in [0.15, 0.2) is 0 Å². The van der Waals surface area contributed by atoms with E-state index in [1.165, 1.54) is 0 Å². The fraction of sp³-hybridized carbons (Fsp3) is 0.667. The first kappa shape index (κ1) is 12.9. The lowest BCUT2D eigenvalue weighted by molar-refractivity contribution is 0.551. The van der Waals surface area contributed by atoms with Crippen molar-refractivity contribution in [2.75, 3.05) is 25.0 Å². The van der Waals surface area contributed by atoms with Crippen LogP contribution in [0.5, 0.6) is 0 Å². The molecule has 0 aliphatic rings. The number of rotatable bonds is 6. The Morgan fingerprint density at radius 2 is 1.94 bits per heavy atom. The molecule has 0 unspecified atom stereocenters. The van der Waals surface area contributed by atoms with Gasteiger partial charge in [0.1, 0.15) is 0 Å². The molecule has 1 aromatic heterocycles. The minimum absolute atomic E-state index is 0.673. The first-order chi connectivity index (χ1) is 7.63. The van der Waals surface area contributed by atoms with E-state index in [1.807, 2.05) is 24.3 Å². The largest absolute Gasteiger partial charge is 0.344 e.